The summed E-state index contributed by atoms with van der Waals surface area (Å²) in [5.41, 5.74) is 9.71. The summed E-state index contributed by atoms with van der Waals surface area (Å²) in [6.07, 6.45) is 1.89. The molecule has 1 amide bonds. The summed E-state index contributed by atoms with van der Waals surface area (Å²) in [5.74, 6) is 0.00351. The second-order valence-electron chi connectivity index (χ2n) is 5.32. The van der Waals surface area contributed by atoms with E-state index >= 15 is 0 Å². The van der Waals surface area contributed by atoms with Gasteiger partial charge in [-0.25, -0.2) is 4.98 Å². The van der Waals surface area contributed by atoms with Gasteiger partial charge in [-0.1, -0.05) is 0 Å². The van der Waals surface area contributed by atoms with Crippen molar-refractivity contribution in [2.24, 2.45) is 12.8 Å². The average molecular weight is 321 g/mol. The Morgan fingerprint density at radius 1 is 1.41 bits per heavy atom. The van der Waals surface area contributed by atoms with Crippen LogP contribution < -0.4 is 11.1 Å². The Kier molecular flexibility index (Phi) is 5.68. The smallest absolute Gasteiger partial charge is 0.226 e. The summed E-state index contributed by atoms with van der Waals surface area (Å²) >= 11 is 1.56. The van der Waals surface area contributed by atoms with Gasteiger partial charge in [-0.05, 0) is 32.4 Å². The van der Waals surface area contributed by atoms with Gasteiger partial charge in [0.25, 0.3) is 0 Å². The zero-order chi connectivity index (χ0) is 16.1. The molecule has 0 atom stereocenters. The highest BCUT2D eigenvalue weighted by molar-refractivity contribution is 7.09. The third-order valence-electron chi connectivity index (χ3n) is 3.66. The molecule has 120 valence electrons. The average Bonchev–Trinajstić information content (AvgIpc) is 2.99. The minimum absolute atomic E-state index is 0.00351. The van der Waals surface area contributed by atoms with Crippen LogP contribution in [0.1, 0.15) is 27.7 Å². The highest BCUT2D eigenvalue weighted by Crippen LogP contribution is 2.12. The van der Waals surface area contributed by atoms with Gasteiger partial charge in [0, 0.05) is 31.1 Å². The molecule has 22 heavy (non-hydrogen) atoms. The van der Waals surface area contributed by atoms with Crippen LogP contribution in [0.15, 0.2) is 5.38 Å². The summed E-state index contributed by atoms with van der Waals surface area (Å²) in [4.78, 5) is 16.4. The van der Waals surface area contributed by atoms with Crippen LogP contribution >= 0.6 is 11.3 Å². The van der Waals surface area contributed by atoms with E-state index in [-0.39, 0.29) is 5.91 Å². The first kappa shape index (κ1) is 16.6. The van der Waals surface area contributed by atoms with Crippen molar-refractivity contribution in [3.63, 3.8) is 0 Å². The maximum atomic E-state index is 12.0. The lowest BCUT2D eigenvalue weighted by Crippen LogP contribution is -2.27. The summed E-state index contributed by atoms with van der Waals surface area (Å²) in [6, 6.07) is 0. The molecule has 3 N–H and O–H groups in total. The van der Waals surface area contributed by atoms with Crippen molar-refractivity contribution in [1.82, 2.24) is 20.1 Å². The van der Waals surface area contributed by atoms with Gasteiger partial charge in [0.1, 0.15) is 0 Å². The predicted molar refractivity (Wildman–Crippen MR) is 88.0 cm³/mol. The molecule has 0 aliphatic rings. The Morgan fingerprint density at radius 2 is 2.18 bits per heavy atom. The molecule has 0 saturated heterocycles. The minimum Gasteiger partial charge on any atom is -0.355 e. The SMILES string of the molecule is Cc1nn(C)c(C)c1CCNC(=O)Cc1csc(CCN)n1. The Labute approximate surface area is 134 Å². The summed E-state index contributed by atoms with van der Waals surface area (Å²) < 4.78 is 1.88. The van der Waals surface area contributed by atoms with E-state index < -0.39 is 0 Å². The molecule has 0 saturated carbocycles. The molecule has 0 fully saturated rings. The third-order valence-corrected chi connectivity index (χ3v) is 4.61. The first-order valence-corrected chi connectivity index (χ1v) is 8.28. The molecular formula is C15H23N5OS. The molecule has 0 aliphatic carbocycles. The number of nitrogens with one attached hydrogen (secondary N) is 1. The summed E-state index contributed by atoms with van der Waals surface area (Å²) in [6.45, 7) is 5.25. The number of carbonyl (C=O) groups is 1. The van der Waals surface area contributed by atoms with Gasteiger partial charge in [0.05, 0.1) is 22.8 Å². The lowest BCUT2D eigenvalue weighted by atomic mass is 10.1. The molecule has 7 heteroatoms. The molecule has 0 aromatic carbocycles. The lowest BCUT2D eigenvalue weighted by Gasteiger charge is -2.05. The highest BCUT2D eigenvalue weighted by Gasteiger charge is 2.11. The molecule has 0 spiro atoms. The zero-order valence-corrected chi connectivity index (χ0v) is 14.2. The van der Waals surface area contributed by atoms with Gasteiger partial charge in [-0.2, -0.15) is 5.10 Å². The molecule has 2 rings (SSSR count). The van der Waals surface area contributed by atoms with Gasteiger partial charge in [0.15, 0.2) is 0 Å². The number of nitrogens with zero attached hydrogens (tertiary/aromatic N) is 3. The Balaban J connectivity index is 1.80. The van der Waals surface area contributed by atoms with E-state index in [0.717, 1.165) is 34.9 Å². The number of hydrogen-bond donors (Lipinski definition) is 2. The van der Waals surface area contributed by atoms with E-state index in [9.17, 15) is 4.79 Å². The van der Waals surface area contributed by atoms with Crippen LogP contribution in [0, 0.1) is 13.8 Å². The van der Waals surface area contributed by atoms with Crippen LogP contribution in [-0.2, 0) is 31.1 Å². The maximum Gasteiger partial charge on any atom is 0.226 e. The van der Waals surface area contributed by atoms with Crippen molar-refractivity contribution in [3.8, 4) is 0 Å². The van der Waals surface area contributed by atoms with E-state index in [1.807, 2.05) is 31.0 Å². The van der Waals surface area contributed by atoms with Gasteiger partial charge in [-0.15, -0.1) is 11.3 Å². The monoisotopic (exact) mass is 321 g/mol. The van der Waals surface area contributed by atoms with Crippen LogP contribution in [0.5, 0.6) is 0 Å². The Morgan fingerprint density at radius 3 is 2.82 bits per heavy atom. The van der Waals surface area contributed by atoms with Gasteiger partial charge >= 0.3 is 0 Å². The Hall–Kier alpha value is -1.73. The maximum absolute atomic E-state index is 12.0. The minimum atomic E-state index is 0.00351. The van der Waals surface area contributed by atoms with Crippen molar-refractivity contribution in [2.75, 3.05) is 13.1 Å². The van der Waals surface area contributed by atoms with Crippen molar-refractivity contribution in [2.45, 2.75) is 33.1 Å². The second-order valence-corrected chi connectivity index (χ2v) is 6.26. The number of amides is 1. The standard InChI is InChI=1S/C15H23N5OS/c1-10-13(11(2)20(3)19-10)5-7-17-14(21)8-12-9-22-15(18-12)4-6-16/h9H,4-8,16H2,1-3H3,(H,17,21). The molecular weight excluding hydrogens is 298 g/mol. The number of hydrogen-bond acceptors (Lipinski definition) is 5. The van der Waals surface area contributed by atoms with E-state index in [2.05, 4.69) is 15.4 Å². The van der Waals surface area contributed by atoms with Crippen molar-refractivity contribution < 1.29 is 4.79 Å². The molecule has 6 nitrogen and oxygen atoms in total. The fourth-order valence-corrected chi connectivity index (χ4v) is 3.22. The quantitative estimate of drug-likeness (QED) is 0.793. The zero-order valence-electron chi connectivity index (χ0n) is 13.3. The van der Waals surface area contributed by atoms with Crippen LogP contribution in [0.3, 0.4) is 0 Å². The number of carbonyl (C=O) groups excluding carboxylic acids is 1. The van der Waals surface area contributed by atoms with Gasteiger partial charge in [-0.3, -0.25) is 9.48 Å². The fourth-order valence-electron chi connectivity index (χ4n) is 2.40. The number of aryl methyl sites for hydroxylation is 2. The molecule has 2 aromatic rings. The van der Waals surface area contributed by atoms with E-state index in [0.29, 0.717) is 19.5 Å². The fraction of sp³-hybridized carbons (Fsp3) is 0.533. The summed E-state index contributed by atoms with van der Waals surface area (Å²) in [5, 5.41) is 10.3. The molecule has 0 radical (unpaired) electrons. The highest BCUT2D eigenvalue weighted by atomic mass is 32.1. The number of aromatic nitrogens is 3. The lowest BCUT2D eigenvalue weighted by molar-refractivity contribution is -0.120. The van der Waals surface area contributed by atoms with Gasteiger partial charge in [0.2, 0.25) is 5.91 Å². The number of rotatable bonds is 7. The molecule has 2 heterocycles. The largest absolute Gasteiger partial charge is 0.355 e. The van der Waals surface area contributed by atoms with Crippen LogP contribution in [0.2, 0.25) is 0 Å². The number of thiazole rings is 1. The van der Waals surface area contributed by atoms with Gasteiger partial charge < -0.3 is 11.1 Å². The first-order chi connectivity index (χ1) is 10.5. The predicted octanol–water partition coefficient (Wildman–Crippen LogP) is 0.896. The summed E-state index contributed by atoms with van der Waals surface area (Å²) in [7, 11) is 1.94. The molecule has 2 aromatic heterocycles. The second kappa shape index (κ2) is 7.51. The van der Waals surface area contributed by atoms with E-state index in [1.165, 1.54) is 5.56 Å². The van der Waals surface area contributed by atoms with Crippen molar-refractivity contribution >= 4 is 17.2 Å². The van der Waals surface area contributed by atoms with E-state index in [1.54, 1.807) is 11.3 Å². The van der Waals surface area contributed by atoms with Crippen molar-refractivity contribution in [3.05, 3.63) is 33.0 Å². The van der Waals surface area contributed by atoms with Crippen LogP contribution in [0.4, 0.5) is 0 Å². The Bertz CT molecular complexity index is 646. The number of nitrogens with two attached hydrogens (primary N) is 1. The first-order valence-electron chi connectivity index (χ1n) is 7.40. The van der Waals surface area contributed by atoms with Crippen LogP contribution in [0.25, 0.3) is 0 Å². The van der Waals surface area contributed by atoms with Crippen LogP contribution in [-0.4, -0.2) is 33.8 Å². The van der Waals surface area contributed by atoms with Crippen molar-refractivity contribution in [1.29, 1.82) is 0 Å². The normalized spacial score (nSPS) is 10.9. The molecule has 0 bridgehead atoms. The third kappa shape index (κ3) is 4.14. The topological polar surface area (TPSA) is 85.8 Å². The molecule has 0 unspecified atom stereocenters. The van der Waals surface area contributed by atoms with E-state index in [4.69, 9.17) is 5.73 Å². The molecule has 0 aliphatic heterocycles.